The topological polar surface area (TPSA) is 67.9 Å². The zero-order chi connectivity index (χ0) is 21.9. The van der Waals surface area contributed by atoms with Crippen LogP contribution in [0.2, 0.25) is 0 Å². The summed E-state index contributed by atoms with van der Waals surface area (Å²) in [7, 11) is 1.55. The van der Waals surface area contributed by atoms with Crippen LogP contribution in [-0.2, 0) is 16.1 Å². The van der Waals surface area contributed by atoms with Crippen LogP contribution in [0.3, 0.4) is 0 Å². The SMILES string of the molecule is CC[C@@H](C)NC(=O)[C@H](CC)N(Cc1ccccc1)C(=O)COc1ccccc1OC. The van der Waals surface area contributed by atoms with Gasteiger partial charge in [0, 0.05) is 12.6 Å². The molecule has 0 aliphatic heterocycles. The summed E-state index contributed by atoms with van der Waals surface area (Å²) in [5.41, 5.74) is 0.956. The molecule has 0 saturated carbocycles. The minimum atomic E-state index is -0.576. The van der Waals surface area contributed by atoms with Gasteiger partial charge in [-0.3, -0.25) is 9.59 Å². The number of para-hydroxylation sites is 2. The van der Waals surface area contributed by atoms with Gasteiger partial charge >= 0.3 is 0 Å². The first-order valence-corrected chi connectivity index (χ1v) is 10.4. The lowest BCUT2D eigenvalue weighted by atomic mass is 10.1. The molecule has 0 heterocycles. The molecule has 6 nitrogen and oxygen atoms in total. The third-order valence-electron chi connectivity index (χ3n) is 5.00. The van der Waals surface area contributed by atoms with Crippen LogP contribution in [0.4, 0.5) is 0 Å². The number of carbonyl (C=O) groups excluding carboxylic acids is 2. The first-order valence-electron chi connectivity index (χ1n) is 10.4. The minimum Gasteiger partial charge on any atom is -0.493 e. The van der Waals surface area contributed by atoms with Crippen LogP contribution in [0.25, 0.3) is 0 Å². The average Bonchev–Trinajstić information content (AvgIpc) is 2.78. The Labute approximate surface area is 179 Å². The Bertz CT molecular complexity index is 810. The number of carbonyl (C=O) groups is 2. The fourth-order valence-electron chi connectivity index (χ4n) is 3.10. The zero-order valence-corrected chi connectivity index (χ0v) is 18.3. The largest absolute Gasteiger partial charge is 0.493 e. The third kappa shape index (κ3) is 6.51. The van der Waals surface area contributed by atoms with Crippen LogP contribution in [0.15, 0.2) is 54.6 Å². The Balaban J connectivity index is 2.20. The van der Waals surface area contributed by atoms with Crippen LogP contribution in [0, 0.1) is 0 Å². The summed E-state index contributed by atoms with van der Waals surface area (Å²) >= 11 is 0. The Morgan fingerprint density at radius 3 is 2.20 bits per heavy atom. The summed E-state index contributed by atoms with van der Waals surface area (Å²) in [5.74, 6) is 0.649. The predicted octanol–water partition coefficient (Wildman–Crippen LogP) is 3.80. The summed E-state index contributed by atoms with van der Waals surface area (Å²) in [6.07, 6.45) is 1.33. The molecule has 30 heavy (non-hydrogen) atoms. The highest BCUT2D eigenvalue weighted by molar-refractivity contribution is 5.88. The van der Waals surface area contributed by atoms with E-state index in [1.165, 1.54) is 0 Å². The second kappa shape index (κ2) is 11.9. The molecule has 2 amide bonds. The molecule has 1 N–H and O–H groups in total. The Kier molecular flexibility index (Phi) is 9.19. The van der Waals surface area contributed by atoms with E-state index in [1.807, 2.05) is 63.2 Å². The second-order valence-corrected chi connectivity index (χ2v) is 7.19. The van der Waals surface area contributed by atoms with Crippen molar-refractivity contribution in [2.75, 3.05) is 13.7 Å². The van der Waals surface area contributed by atoms with E-state index in [-0.39, 0.29) is 24.5 Å². The van der Waals surface area contributed by atoms with Gasteiger partial charge in [0.15, 0.2) is 18.1 Å². The van der Waals surface area contributed by atoms with Crippen LogP contribution >= 0.6 is 0 Å². The van der Waals surface area contributed by atoms with Gasteiger partial charge in [0.25, 0.3) is 5.91 Å². The van der Waals surface area contributed by atoms with E-state index in [1.54, 1.807) is 24.1 Å². The normalized spacial score (nSPS) is 12.5. The number of hydrogen-bond donors (Lipinski definition) is 1. The summed E-state index contributed by atoms with van der Waals surface area (Å²) in [5, 5.41) is 3.00. The van der Waals surface area contributed by atoms with Gasteiger partial charge in [-0.15, -0.1) is 0 Å². The van der Waals surface area contributed by atoms with Crippen molar-refractivity contribution in [2.24, 2.45) is 0 Å². The van der Waals surface area contributed by atoms with Gasteiger partial charge < -0.3 is 19.7 Å². The van der Waals surface area contributed by atoms with Crippen molar-refractivity contribution in [3.8, 4) is 11.5 Å². The van der Waals surface area contributed by atoms with Gasteiger partial charge in [-0.05, 0) is 37.5 Å². The summed E-state index contributed by atoms with van der Waals surface area (Å²) in [6.45, 7) is 6.04. The molecule has 2 aromatic carbocycles. The van der Waals surface area contributed by atoms with Crippen LogP contribution in [0.1, 0.15) is 39.2 Å². The van der Waals surface area contributed by atoms with E-state index >= 15 is 0 Å². The number of benzene rings is 2. The highest BCUT2D eigenvalue weighted by Crippen LogP contribution is 2.26. The van der Waals surface area contributed by atoms with Crippen LogP contribution in [-0.4, -0.2) is 42.5 Å². The second-order valence-electron chi connectivity index (χ2n) is 7.19. The summed E-state index contributed by atoms with van der Waals surface area (Å²) in [4.78, 5) is 27.6. The van der Waals surface area contributed by atoms with E-state index in [0.29, 0.717) is 24.5 Å². The molecule has 0 bridgehead atoms. The van der Waals surface area contributed by atoms with Crippen molar-refractivity contribution < 1.29 is 19.1 Å². The molecule has 0 aliphatic carbocycles. The van der Waals surface area contributed by atoms with E-state index in [4.69, 9.17) is 9.47 Å². The molecule has 2 rings (SSSR count). The molecular weight excluding hydrogens is 380 g/mol. The fraction of sp³-hybridized carbons (Fsp3) is 0.417. The molecule has 0 aliphatic rings. The number of rotatable bonds is 11. The van der Waals surface area contributed by atoms with Gasteiger partial charge in [-0.2, -0.15) is 0 Å². The third-order valence-corrected chi connectivity index (χ3v) is 5.00. The molecule has 2 aromatic rings. The molecule has 0 aromatic heterocycles. The van der Waals surface area contributed by atoms with E-state index in [0.717, 1.165) is 12.0 Å². The number of amides is 2. The molecule has 0 fully saturated rings. The summed E-state index contributed by atoms with van der Waals surface area (Å²) < 4.78 is 11.0. The first-order chi connectivity index (χ1) is 14.5. The first kappa shape index (κ1) is 23.3. The van der Waals surface area contributed by atoms with Gasteiger partial charge in [-0.25, -0.2) is 0 Å². The van der Waals surface area contributed by atoms with Crippen molar-refractivity contribution in [1.29, 1.82) is 0 Å². The molecule has 0 spiro atoms. The lowest BCUT2D eigenvalue weighted by Crippen LogP contribution is -2.51. The maximum atomic E-state index is 13.2. The average molecular weight is 413 g/mol. The number of hydrogen-bond acceptors (Lipinski definition) is 4. The van der Waals surface area contributed by atoms with Crippen molar-refractivity contribution in [2.45, 2.75) is 52.2 Å². The van der Waals surface area contributed by atoms with Crippen LogP contribution < -0.4 is 14.8 Å². The molecule has 162 valence electrons. The lowest BCUT2D eigenvalue weighted by molar-refractivity contribution is -0.143. The van der Waals surface area contributed by atoms with E-state index in [9.17, 15) is 9.59 Å². The molecule has 2 atom stereocenters. The van der Waals surface area contributed by atoms with Gasteiger partial charge in [0.05, 0.1) is 7.11 Å². The van der Waals surface area contributed by atoms with Gasteiger partial charge in [-0.1, -0.05) is 56.3 Å². The standard InChI is InChI=1S/C24H32N2O4/c1-5-18(3)25-24(28)20(6-2)26(16-19-12-8-7-9-13-19)23(27)17-30-22-15-11-10-14-21(22)29-4/h7-15,18,20H,5-6,16-17H2,1-4H3,(H,25,28)/t18-,20+/m1/s1. The minimum absolute atomic E-state index is 0.0463. The van der Waals surface area contributed by atoms with E-state index in [2.05, 4.69) is 5.32 Å². The van der Waals surface area contributed by atoms with Crippen LogP contribution in [0.5, 0.6) is 11.5 Å². The Hall–Kier alpha value is -3.02. The maximum absolute atomic E-state index is 13.2. The number of methoxy groups -OCH3 is 1. The highest BCUT2D eigenvalue weighted by Gasteiger charge is 2.29. The number of nitrogens with one attached hydrogen (secondary N) is 1. The van der Waals surface area contributed by atoms with Gasteiger partial charge in [0.1, 0.15) is 6.04 Å². The van der Waals surface area contributed by atoms with Crippen molar-refractivity contribution >= 4 is 11.8 Å². The van der Waals surface area contributed by atoms with Gasteiger partial charge in [0.2, 0.25) is 5.91 Å². The van der Waals surface area contributed by atoms with E-state index < -0.39 is 6.04 Å². The Morgan fingerprint density at radius 1 is 0.967 bits per heavy atom. The fourth-order valence-corrected chi connectivity index (χ4v) is 3.10. The molecule has 0 saturated heterocycles. The maximum Gasteiger partial charge on any atom is 0.261 e. The molecule has 0 unspecified atom stereocenters. The summed E-state index contributed by atoms with van der Waals surface area (Å²) in [6, 6.07) is 16.3. The number of ether oxygens (including phenoxy) is 2. The molecule has 6 heteroatoms. The van der Waals surface area contributed by atoms with Crippen molar-refractivity contribution in [1.82, 2.24) is 10.2 Å². The van der Waals surface area contributed by atoms with Crippen molar-refractivity contribution in [3.05, 3.63) is 60.2 Å². The highest BCUT2D eigenvalue weighted by atomic mass is 16.5. The number of nitrogens with zero attached hydrogens (tertiary/aromatic N) is 1. The molecule has 0 radical (unpaired) electrons. The smallest absolute Gasteiger partial charge is 0.261 e. The quantitative estimate of drug-likeness (QED) is 0.610. The van der Waals surface area contributed by atoms with Crippen molar-refractivity contribution in [3.63, 3.8) is 0 Å². The monoisotopic (exact) mass is 412 g/mol. The Morgan fingerprint density at radius 2 is 1.60 bits per heavy atom. The lowest BCUT2D eigenvalue weighted by Gasteiger charge is -2.31. The predicted molar refractivity (Wildman–Crippen MR) is 117 cm³/mol. The zero-order valence-electron chi connectivity index (χ0n) is 18.3. The molecular formula is C24H32N2O4.